The van der Waals surface area contributed by atoms with E-state index in [1.54, 1.807) is 5.57 Å². The van der Waals surface area contributed by atoms with Gasteiger partial charge in [0.05, 0.1) is 0 Å². The molecule has 1 aromatic carbocycles. The lowest BCUT2D eigenvalue weighted by Crippen LogP contribution is -2.50. The fraction of sp³-hybridized carbons (Fsp3) is 0.529. The monoisotopic (exact) mass is 276 g/mol. The van der Waals surface area contributed by atoms with Crippen LogP contribution in [0.2, 0.25) is 0 Å². The summed E-state index contributed by atoms with van der Waals surface area (Å²) in [6.07, 6.45) is 8.08. The molecule has 0 amide bonds. The molecule has 2 rings (SSSR count). The highest BCUT2D eigenvalue weighted by molar-refractivity contribution is 5.19. The minimum atomic E-state index is -0.190. The topological polar surface area (TPSA) is 38.0 Å². The Bertz CT molecular complexity index is 453. The molecule has 0 aliphatic heterocycles. The van der Waals surface area contributed by atoms with Crippen molar-refractivity contribution in [3.63, 3.8) is 0 Å². The summed E-state index contributed by atoms with van der Waals surface area (Å²) in [4.78, 5) is 0. The molecule has 0 aromatic heterocycles. The van der Waals surface area contributed by atoms with Crippen molar-refractivity contribution in [1.82, 2.24) is 5.32 Å². The van der Waals surface area contributed by atoms with Crippen molar-refractivity contribution >= 4 is 0 Å². The first-order chi connectivity index (χ1) is 9.61. The lowest BCUT2D eigenvalue weighted by Gasteiger charge is -2.30. The molecule has 110 valence electrons. The van der Waals surface area contributed by atoms with Gasteiger partial charge in [0.15, 0.2) is 0 Å². The summed E-state index contributed by atoms with van der Waals surface area (Å²) in [5, 5.41) is 3.58. The average molecular weight is 276 g/mol. The van der Waals surface area contributed by atoms with Gasteiger partial charge >= 0.3 is 0 Å². The van der Waals surface area contributed by atoms with Gasteiger partial charge in [-0.3, -0.25) is 0 Å². The van der Waals surface area contributed by atoms with Crippen LogP contribution < -0.4 is 11.1 Å². The highest BCUT2D eigenvalue weighted by Gasteiger charge is 2.22. The molecule has 3 N–H and O–H groups in total. The van der Waals surface area contributed by atoms with Crippen LogP contribution in [0.4, 0.5) is 4.39 Å². The van der Waals surface area contributed by atoms with Gasteiger partial charge in [-0.1, -0.05) is 23.8 Å². The Hall–Kier alpha value is -1.19. The van der Waals surface area contributed by atoms with Gasteiger partial charge in [-0.2, -0.15) is 0 Å². The van der Waals surface area contributed by atoms with Crippen LogP contribution in [0.25, 0.3) is 0 Å². The van der Waals surface area contributed by atoms with Crippen LogP contribution >= 0.6 is 0 Å². The number of hydrogen-bond donors (Lipinski definition) is 2. The molecular formula is C17H25FN2. The maximum absolute atomic E-state index is 12.9. The summed E-state index contributed by atoms with van der Waals surface area (Å²) in [5.41, 5.74) is 8.49. The second-order valence-electron chi connectivity index (χ2n) is 6.00. The van der Waals surface area contributed by atoms with Crippen LogP contribution in [0, 0.1) is 5.82 Å². The number of benzene rings is 1. The SMILES string of the molecule is CC(CN)(Cc1ccc(F)cc1)NCCC1=CCCC1. The Morgan fingerprint density at radius 3 is 2.65 bits per heavy atom. The van der Waals surface area contributed by atoms with Crippen molar-refractivity contribution in [2.24, 2.45) is 5.73 Å². The molecular weight excluding hydrogens is 251 g/mol. The minimum absolute atomic E-state index is 0.128. The average Bonchev–Trinajstić information content (AvgIpc) is 2.95. The number of nitrogens with one attached hydrogen (secondary N) is 1. The smallest absolute Gasteiger partial charge is 0.123 e. The molecule has 0 radical (unpaired) electrons. The van der Waals surface area contributed by atoms with E-state index in [0.29, 0.717) is 6.54 Å². The van der Waals surface area contributed by atoms with Crippen LogP contribution in [0.3, 0.4) is 0 Å². The molecule has 0 saturated heterocycles. The zero-order valence-corrected chi connectivity index (χ0v) is 12.3. The number of halogens is 1. The second-order valence-corrected chi connectivity index (χ2v) is 6.00. The Kier molecular flexibility index (Phi) is 5.32. The van der Waals surface area contributed by atoms with E-state index in [-0.39, 0.29) is 11.4 Å². The van der Waals surface area contributed by atoms with Gasteiger partial charge < -0.3 is 11.1 Å². The molecule has 0 heterocycles. The molecule has 20 heavy (non-hydrogen) atoms. The van der Waals surface area contributed by atoms with Crippen molar-refractivity contribution in [3.8, 4) is 0 Å². The van der Waals surface area contributed by atoms with E-state index in [0.717, 1.165) is 24.9 Å². The van der Waals surface area contributed by atoms with Crippen LogP contribution in [-0.4, -0.2) is 18.6 Å². The third-order valence-corrected chi connectivity index (χ3v) is 4.09. The Morgan fingerprint density at radius 2 is 2.05 bits per heavy atom. The molecule has 1 aromatic rings. The van der Waals surface area contributed by atoms with E-state index in [9.17, 15) is 4.39 Å². The van der Waals surface area contributed by atoms with Crippen molar-refractivity contribution in [2.75, 3.05) is 13.1 Å². The second kappa shape index (κ2) is 7.00. The first-order valence-electron chi connectivity index (χ1n) is 7.49. The van der Waals surface area contributed by atoms with E-state index < -0.39 is 0 Å². The van der Waals surface area contributed by atoms with Gasteiger partial charge in [0, 0.05) is 12.1 Å². The molecule has 1 aliphatic carbocycles. The molecule has 1 unspecified atom stereocenters. The lowest BCUT2D eigenvalue weighted by molar-refractivity contribution is 0.363. The first-order valence-corrected chi connectivity index (χ1v) is 7.49. The highest BCUT2D eigenvalue weighted by Crippen LogP contribution is 2.20. The fourth-order valence-electron chi connectivity index (χ4n) is 2.75. The van der Waals surface area contributed by atoms with E-state index in [1.165, 1.54) is 31.4 Å². The Labute approximate surface area is 121 Å². The summed E-state index contributed by atoms with van der Waals surface area (Å²) >= 11 is 0. The zero-order chi connectivity index (χ0) is 14.4. The van der Waals surface area contributed by atoms with Crippen molar-refractivity contribution in [3.05, 3.63) is 47.3 Å². The third-order valence-electron chi connectivity index (χ3n) is 4.09. The summed E-state index contributed by atoms with van der Waals surface area (Å²) in [6, 6.07) is 6.69. The van der Waals surface area contributed by atoms with Crippen molar-refractivity contribution in [1.29, 1.82) is 0 Å². The zero-order valence-electron chi connectivity index (χ0n) is 12.3. The third kappa shape index (κ3) is 4.43. The summed E-state index contributed by atoms with van der Waals surface area (Å²) in [5.74, 6) is -0.190. The van der Waals surface area contributed by atoms with Crippen LogP contribution in [0.15, 0.2) is 35.9 Å². The molecule has 3 heteroatoms. The lowest BCUT2D eigenvalue weighted by atomic mass is 9.92. The van der Waals surface area contributed by atoms with E-state index >= 15 is 0 Å². The van der Waals surface area contributed by atoms with Crippen LogP contribution in [0.5, 0.6) is 0 Å². The van der Waals surface area contributed by atoms with Gasteiger partial charge in [0.2, 0.25) is 0 Å². The molecule has 1 aliphatic rings. The number of hydrogen-bond acceptors (Lipinski definition) is 2. The minimum Gasteiger partial charge on any atom is -0.329 e. The van der Waals surface area contributed by atoms with Gasteiger partial charge in [0.1, 0.15) is 5.82 Å². The highest BCUT2D eigenvalue weighted by atomic mass is 19.1. The maximum atomic E-state index is 12.9. The number of rotatable bonds is 7. The summed E-state index contributed by atoms with van der Waals surface area (Å²) in [6.45, 7) is 3.67. The molecule has 0 fully saturated rings. The van der Waals surface area contributed by atoms with E-state index in [2.05, 4.69) is 18.3 Å². The van der Waals surface area contributed by atoms with Gasteiger partial charge in [-0.15, -0.1) is 0 Å². The van der Waals surface area contributed by atoms with Crippen LogP contribution in [0.1, 0.15) is 38.2 Å². The standard InChI is InChI=1S/C17H25FN2/c1-17(13-19,12-15-6-8-16(18)9-7-15)20-11-10-14-4-2-3-5-14/h4,6-9,20H,2-3,5,10-13,19H2,1H3. The predicted molar refractivity (Wildman–Crippen MR) is 82.1 cm³/mol. The maximum Gasteiger partial charge on any atom is 0.123 e. The fourth-order valence-corrected chi connectivity index (χ4v) is 2.75. The normalized spacial score (nSPS) is 17.9. The summed E-state index contributed by atoms with van der Waals surface area (Å²) in [7, 11) is 0. The van der Waals surface area contributed by atoms with E-state index in [1.807, 2.05) is 12.1 Å². The quantitative estimate of drug-likeness (QED) is 0.751. The number of allylic oxidation sites excluding steroid dienone is 1. The summed E-state index contributed by atoms with van der Waals surface area (Å²) < 4.78 is 12.9. The first kappa shape index (κ1) is 15.2. The Morgan fingerprint density at radius 1 is 1.30 bits per heavy atom. The largest absolute Gasteiger partial charge is 0.329 e. The van der Waals surface area contributed by atoms with Gasteiger partial charge in [0.25, 0.3) is 0 Å². The molecule has 0 spiro atoms. The van der Waals surface area contributed by atoms with Gasteiger partial charge in [-0.25, -0.2) is 4.39 Å². The van der Waals surface area contributed by atoms with Crippen molar-refractivity contribution in [2.45, 2.75) is 44.6 Å². The van der Waals surface area contributed by atoms with Crippen molar-refractivity contribution < 1.29 is 4.39 Å². The molecule has 0 saturated carbocycles. The Balaban J connectivity index is 1.85. The van der Waals surface area contributed by atoms with Gasteiger partial charge in [-0.05, 0) is 63.3 Å². The molecule has 1 atom stereocenters. The van der Waals surface area contributed by atoms with E-state index in [4.69, 9.17) is 5.73 Å². The number of nitrogens with two attached hydrogens (primary N) is 1. The predicted octanol–water partition coefficient (Wildman–Crippen LogP) is 3.18. The van der Waals surface area contributed by atoms with Crippen LogP contribution in [-0.2, 0) is 6.42 Å². The molecule has 2 nitrogen and oxygen atoms in total. The molecule has 0 bridgehead atoms.